The van der Waals surface area contributed by atoms with Crippen molar-refractivity contribution in [2.24, 2.45) is 5.41 Å². The molecular formula is C15H16F3NO4. The molecule has 0 aromatic heterocycles. The van der Waals surface area contributed by atoms with Gasteiger partial charge in [-0.25, -0.2) is 0 Å². The van der Waals surface area contributed by atoms with Crippen LogP contribution in [0.1, 0.15) is 22.3 Å². The van der Waals surface area contributed by atoms with Gasteiger partial charge in [-0.3, -0.25) is 9.59 Å². The lowest BCUT2D eigenvalue weighted by Crippen LogP contribution is -2.40. The van der Waals surface area contributed by atoms with Crippen molar-refractivity contribution in [3.05, 3.63) is 35.4 Å². The number of rotatable bonds is 4. The predicted octanol–water partition coefficient (Wildman–Crippen LogP) is 2.27. The van der Waals surface area contributed by atoms with Crippen LogP contribution in [0.2, 0.25) is 0 Å². The van der Waals surface area contributed by atoms with E-state index in [9.17, 15) is 27.9 Å². The standard InChI is InChI=1S/C15H16F3NO4/c1-23-9-14(13(21)22)6-7-19(8-14)12(20)10-2-4-11(5-3-10)15(16,17)18/h2-5H,6-9H2,1H3,(H,21,22). The highest BCUT2D eigenvalue weighted by Gasteiger charge is 2.46. The molecule has 1 fully saturated rings. The molecule has 8 heteroatoms. The van der Waals surface area contributed by atoms with Crippen molar-refractivity contribution < 1.29 is 32.6 Å². The summed E-state index contributed by atoms with van der Waals surface area (Å²) in [4.78, 5) is 25.1. The summed E-state index contributed by atoms with van der Waals surface area (Å²) < 4.78 is 42.5. The smallest absolute Gasteiger partial charge is 0.416 e. The highest BCUT2D eigenvalue weighted by atomic mass is 19.4. The largest absolute Gasteiger partial charge is 0.481 e. The zero-order valence-corrected chi connectivity index (χ0v) is 12.4. The van der Waals surface area contributed by atoms with Crippen LogP contribution in [0.25, 0.3) is 0 Å². The van der Waals surface area contributed by atoms with Crippen LogP contribution in [-0.4, -0.2) is 48.7 Å². The molecule has 23 heavy (non-hydrogen) atoms. The third-order valence-corrected chi connectivity index (χ3v) is 3.97. The summed E-state index contributed by atoms with van der Waals surface area (Å²) in [6.45, 7) is 0.157. The van der Waals surface area contributed by atoms with E-state index < -0.39 is 29.0 Å². The highest BCUT2D eigenvalue weighted by Crippen LogP contribution is 2.33. The molecule has 5 nitrogen and oxygen atoms in total. The lowest BCUT2D eigenvalue weighted by molar-refractivity contribution is -0.151. The highest BCUT2D eigenvalue weighted by molar-refractivity contribution is 5.95. The summed E-state index contributed by atoms with van der Waals surface area (Å²) in [5.74, 6) is -1.54. The quantitative estimate of drug-likeness (QED) is 0.919. The molecule has 1 atom stereocenters. The van der Waals surface area contributed by atoms with E-state index in [0.29, 0.717) is 0 Å². The fourth-order valence-electron chi connectivity index (χ4n) is 2.66. The molecule has 0 bridgehead atoms. The lowest BCUT2D eigenvalue weighted by atomic mass is 9.88. The van der Waals surface area contributed by atoms with Gasteiger partial charge in [0, 0.05) is 25.8 Å². The molecular weight excluding hydrogens is 315 g/mol. The Morgan fingerprint density at radius 1 is 1.30 bits per heavy atom. The first kappa shape index (κ1) is 17.3. The maximum absolute atomic E-state index is 12.5. The maximum Gasteiger partial charge on any atom is 0.416 e. The number of carbonyl (C=O) groups excluding carboxylic acids is 1. The van der Waals surface area contributed by atoms with Crippen molar-refractivity contribution in [3.8, 4) is 0 Å². The molecule has 0 saturated carbocycles. The normalized spacial score (nSPS) is 21.5. The van der Waals surface area contributed by atoms with Crippen molar-refractivity contribution >= 4 is 11.9 Å². The van der Waals surface area contributed by atoms with Gasteiger partial charge in [-0.2, -0.15) is 13.2 Å². The van der Waals surface area contributed by atoms with Crippen LogP contribution in [0.5, 0.6) is 0 Å². The summed E-state index contributed by atoms with van der Waals surface area (Å²) in [5.41, 5.74) is -1.91. The molecule has 0 spiro atoms. The fourth-order valence-corrected chi connectivity index (χ4v) is 2.66. The van der Waals surface area contributed by atoms with E-state index in [2.05, 4.69) is 0 Å². The molecule has 1 aliphatic heterocycles. The minimum atomic E-state index is -4.47. The number of carboxylic acid groups (broad SMARTS) is 1. The van der Waals surface area contributed by atoms with E-state index in [1.54, 1.807) is 0 Å². The second-order valence-electron chi connectivity index (χ2n) is 5.57. The van der Waals surface area contributed by atoms with Crippen LogP contribution < -0.4 is 0 Å². The molecule has 0 radical (unpaired) electrons. The third kappa shape index (κ3) is 3.47. The number of halogens is 3. The minimum absolute atomic E-state index is 0.0286. The monoisotopic (exact) mass is 331 g/mol. The first-order chi connectivity index (χ1) is 10.7. The summed E-state index contributed by atoms with van der Waals surface area (Å²) in [6, 6.07) is 3.87. The summed E-state index contributed by atoms with van der Waals surface area (Å²) >= 11 is 0. The molecule has 1 aromatic carbocycles. The van der Waals surface area contributed by atoms with Crippen LogP contribution >= 0.6 is 0 Å². The fraction of sp³-hybridized carbons (Fsp3) is 0.467. The van der Waals surface area contributed by atoms with Gasteiger partial charge in [-0.05, 0) is 30.7 Å². The summed E-state index contributed by atoms with van der Waals surface area (Å²) in [6.07, 6.45) is -4.23. The molecule has 1 heterocycles. The molecule has 126 valence electrons. The average molecular weight is 331 g/mol. The molecule has 1 unspecified atom stereocenters. The van der Waals surface area contributed by atoms with Gasteiger partial charge >= 0.3 is 12.1 Å². The molecule has 1 saturated heterocycles. The molecule has 1 aliphatic rings. The van der Waals surface area contributed by atoms with Gasteiger partial charge < -0.3 is 14.7 Å². The zero-order valence-electron chi connectivity index (χ0n) is 12.4. The number of amides is 1. The van der Waals surface area contributed by atoms with Crippen molar-refractivity contribution in [3.63, 3.8) is 0 Å². The maximum atomic E-state index is 12.5. The van der Waals surface area contributed by atoms with E-state index in [4.69, 9.17) is 4.74 Å². The Kier molecular flexibility index (Phi) is 4.65. The molecule has 1 aromatic rings. The number of ether oxygens (including phenoxy) is 1. The SMILES string of the molecule is COCC1(C(=O)O)CCN(C(=O)c2ccc(C(F)(F)F)cc2)C1. The number of hydrogen-bond donors (Lipinski definition) is 1. The Morgan fingerprint density at radius 2 is 1.91 bits per heavy atom. The summed E-state index contributed by atoms with van der Waals surface area (Å²) in [7, 11) is 1.38. The number of carbonyl (C=O) groups is 2. The van der Waals surface area contributed by atoms with Crippen LogP contribution in [0.15, 0.2) is 24.3 Å². The van der Waals surface area contributed by atoms with Crippen molar-refractivity contribution in [1.29, 1.82) is 0 Å². The van der Waals surface area contributed by atoms with E-state index in [1.807, 2.05) is 0 Å². The minimum Gasteiger partial charge on any atom is -0.481 e. The topological polar surface area (TPSA) is 66.8 Å². The van der Waals surface area contributed by atoms with Crippen molar-refractivity contribution in [2.75, 3.05) is 26.8 Å². The van der Waals surface area contributed by atoms with Gasteiger partial charge in [-0.1, -0.05) is 0 Å². The zero-order chi connectivity index (χ0) is 17.3. The van der Waals surface area contributed by atoms with Crippen LogP contribution in [-0.2, 0) is 15.7 Å². The Morgan fingerprint density at radius 3 is 2.39 bits per heavy atom. The van der Waals surface area contributed by atoms with Crippen LogP contribution in [0.3, 0.4) is 0 Å². The van der Waals surface area contributed by atoms with Crippen molar-refractivity contribution in [1.82, 2.24) is 4.90 Å². The lowest BCUT2D eigenvalue weighted by Gasteiger charge is -2.23. The number of benzene rings is 1. The first-order valence-electron chi connectivity index (χ1n) is 6.88. The number of carboxylic acids is 1. The predicted molar refractivity (Wildman–Crippen MR) is 73.9 cm³/mol. The molecule has 0 aliphatic carbocycles. The number of methoxy groups -OCH3 is 1. The number of likely N-dealkylation sites (tertiary alicyclic amines) is 1. The Bertz CT molecular complexity index is 600. The second-order valence-corrected chi connectivity index (χ2v) is 5.57. The Hall–Kier alpha value is -2.09. The molecule has 1 amide bonds. The van der Waals surface area contributed by atoms with Gasteiger partial charge in [-0.15, -0.1) is 0 Å². The van der Waals surface area contributed by atoms with Gasteiger partial charge in [0.05, 0.1) is 12.2 Å². The number of hydrogen-bond acceptors (Lipinski definition) is 3. The van der Waals surface area contributed by atoms with E-state index >= 15 is 0 Å². The average Bonchev–Trinajstić information content (AvgIpc) is 2.92. The van der Waals surface area contributed by atoms with Gasteiger partial charge in [0.25, 0.3) is 5.91 Å². The van der Waals surface area contributed by atoms with Gasteiger partial charge in [0.15, 0.2) is 0 Å². The van der Waals surface area contributed by atoms with E-state index in [-0.39, 0.29) is 31.7 Å². The molecule has 2 rings (SSSR count). The van der Waals surface area contributed by atoms with Crippen LogP contribution in [0.4, 0.5) is 13.2 Å². The van der Waals surface area contributed by atoms with Crippen LogP contribution in [0, 0.1) is 5.41 Å². The van der Waals surface area contributed by atoms with Gasteiger partial charge in [0.2, 0.25) is 0 Å². The van der Waals surface area contributed by atoms with E-state index in [1.165, 1.54) is 12.0 Å². The molecule has 1 N–H and O–H groups in total. The number of nitrogens with zero attached hydrogens (tertiary/aromatic N) is 1. The first-order valence-corrected chi connectivity index (χ1v) is 6.88. The third-order valence-electron chi connectivity index (χ3n) is 3.97. The Labute approximate surface area is 130 Å². The number of alkyl halides is 3. The van der Waals surface area contributed by atoms with Crippen molar-refractivity contribution in [2.45, 2.75) is 12.6 Å². The van der Waals surface area contributed by atoms with Gasteiger partial charge in [0.1, 0.15) is 5.41 Å². The Balaban J connectivity index is 2.14. The number of aliphatic carboxylic acids is 1. The summed E-state index contributed by atoms with van der Waals surface area (Å²) in [5, 5.41) is 9.35. The van der Waals surface area contributed by atoms with E-state index in [0.717, 1.165) is 24.3 Å². The second kappa shape index (κ2) is 6.19.